The number of hydrogen-bond donors (Lipinski definition) is 4. The summed E-state index contributed by atoms with van der Waals surface area (Å²) >= 11 is 0. The highest BCUT2D eigenvalue weighted by molar-refractivity contribution is 7.89. The Bertz CT molecular complexity index is 919. The molecule has 0 aromatic heterocycles. The minimum atomic E-state index is -3.57. The molecular weight excluding hydrogens is 459 g/mol. The summed E-state index contributed by atoms with van der Waals surface area (Å²) in [7, 11) is -4.11. The molecule has 5 N–H and O–H groups in total. The molecule has 0 bridgehead atoms. The maximum Gasteiger partial charge on any atom is 0.436 e. The van der Waals surface area contributed by atoms with Crippen molar-refractivity contribution >= 4 is 29.5 Å². The Morgan fingerprint density at radius 2 is 1.82 bits per heavy atom. The van der Waals surface area contributed by atoms with Gasteiger partial charge < -0.3 is 26.0 Å². The molecule has 1 atom stereocenters. The minimum absolute atomic E-state index is 0.207. The van der Waals surface area contributed by atoms with E-state index in [1.807, 2.05) is 0 Å². The zero-order valence-corrected chi connectivity index (χ0v) is 20.3. The van der Waals surface area contributed by atoms with E-state index in [0.717, 1.165) is 12.8 Å². The Labute approximate surface area is 202 Å². The first-order valence-corrected chi connectivity index (χ1v) is 13.4. The third kappa shape index (κ3) is 6.17. The van der Waals surface area contributed by atoms with Crippen molar-refractivity contribution in [3.05, 3.63) is 30.3 Å². The fourth-order valence-electron chi connectivity index (χ4n) is 4.72. The molecule has 2 amide bonds. The van der Waals surface area contributed by atoms with Crippen molar-refractivity contribution in [1.82, 2.24) is 14.9 Å². The van der Waals surface area contributed by atoms with Gasteiger partial charge in [-0.3, -0.25) is 9.59 Å². The lowest BCUT2D eigenvalue weighted by atomic mass is 9.83. The molecule has 2 aliphatic rings. The number of hydrogen-bond acceptors (Lipinski definition) is 7. The van der Waals surface area contributed by atoms with Crippen molar-refractivity contribution < 1.29 is 27.7 Å². The first-order valence-electron chi connectivity index (χ1n) is 11.9. The van der Waals surface area contributed by atoms with Crippen LogP contribution in [0.15, 0.2) is 35.2 Å². The van der Waals surface area contributed by atoms with Crippen LogP contribution in [0.1, 0.15) is 51.4 Å². The molecule has 1 aliphatic carbocycles. The van der Waals surface area contributed by atoms with Crippen LogP contribution in [0.3, 0.4) is 0 Å². The zero-order valence-electron chi connectivity index (χ0n) is 19.4. The van der Waals surface area contributed by atoms with Crippen molar-refractivity contribution in [3.8, 4) is 0 Å². The van der Waals surface area contributed by atoms with Gasteiger partial charge in [-0.15, -0.1) is 0 Å². The molecule has 1 aliphatic heterocycles. The SMILES string of the molecule is NCCC[C@H](NC(=O)C1(C(=O)NC2CCN(S(=O)(=O)c3ccccc3)CC2)CCCC1)OBO. The molecule has 34 heavy (non-hydrogen) atoms. The Morgan fingerprint density at radius 1 is 1.18 bits per heavy atom. The van der Waals surface area contributed by atoms with E-state index in [1.54, 1.807) is 30.3 Å². The van der Waals surface area contributed by atoms with Crippen LogP contribution >= 0.6 is 0 Å². The number of benzene rings is 1. The molecule has 1 saturated heterocycles. The Balaban J connectivity index is 1.60. The summed E-state index contributed by atoms with van der Waals surface area (Å²) < 4.78 is 32.3. The molecule has 3 rings (SSSR count). The van der Waals surface area contributed by atoms with Gasteiger partial charge in [0.25, 0.3) is 0 Å². The summed E-state index contributed by atoms with van der Waals surface area (Å²) in [5.74, 6) is -0.726. The monoisotopic (exact) mass is 494 g/mol. The fourth-order valence-corrected chi connectivity index (χ4v) is 6.21. The van der Waals surface area contributed by atoms with Crippen LogP contribution in [0.4, 0.5) is 0 Å². The van der Waals surface area contributed by atoms with Crippen molar-refractivity contribution in [3.63, 3.8) is 0 Å². The Morgan fingerprint density at radius 3 is 2.41 bits per heavy atom. The number of nitrogens with two attached hydrogens (primary N) is 1. The molecule has 0 unspecified atom stereocenters. The van der Waals surface area contributed by atoms with E-state index in [0.29, 0.717) is 58.2 Å². The van der Waals surface area contributed by atoms with E-state index in [4.69, 9.17) is 15.4 Å². The molecule has 1 aromatic carbocycles. The van der Waals surface area contributed by atoms with Crippen LogP contribution in [0.25, 0.3) is 0 Å². The van der Waals surface area contributed by atoms with Gasteiger partial charge >= 0.3 is 7.69 Å². The third-order valence-electron chi connectivity index (χ3n) is 6.73. The summed E-state index contributed by atoms with van der Waals surface area (Å²) in [6.07, 6.45) is 3.70. The van der Waals surface area contributed by atoms with Gasteiger partial charge in [-0.25, -0.2) is 8.42 Å². The molecule has 0 radical (unpaired) electrons. The predicted molar refractivity (Wildman–Crippen MR) is 128 cm³/mol. The molecule has 188 valence electrons. The number of piperidine rings is 1. The van der Waals surface area contributed by atoms with Gasteiger partial charge in [0, 0.05) is 19.1 Å². The lowest BCUT2D eigenvalue weighted by molar-refractivity contribution is -0.145. The largest absolute Gasteiger partial charge is 0.436 e. The van der Waals surface area contributed by atoms with Crippen molar-refractivity contribution in [2.75, 3.05) is 19.6 Å². The van der Waals surface area contributed by atoms with Gasteiger partial charge in [-0.05, 0) is 57.2 Å². The summed E-state index contributed by atoms with van der Waals surface area (Å²) in [5, 5.41) is 14.9. The van der Waals surface area contributed by atoms with Gasteiger partial charge in [-0.2, -0.15) is 4.31 Å². The van der Waals surface area contributed by atoms with Gasteiger partial charge in [0.2, 0.25) is 21.8 Å². The highest BCUT2D eigenvalue weighted by Crippen LogP contribution is 2.39. The summed E-state index contributed by atoms with van der Waals surface area (Å²) in [6.45, 7) is 1.02. The quantitative estimate of drug-likeness (QED) is 0.192. The van der Waals surface area contributed by atoms with E-state index < -0.39 is 35.3 Å². The third-order valence-corrected chi connectivity index (χ3v) is 8.65. The van der Waals surface area contributed by atoms with E-state index in [2.05, 4.69) is 10.6 Å². The van der Waals surface area contributed by atoms with Crippen LogP contribution in [-0.4, -0.2) is 69.2 Å². The van der Waals surface area contributed by atoms with Crippen LogP contribution in [0.5, 0.6) is 0 Å². The molecule has 1 heterocycles. The van der Waals surface area contributed by atoms with Gasteiger partial charge in [0.05, 0.1) is 4.90 Å². The Hall–Kier alpha value is -1.99. The molecule has 12 heteroatoms. The Kier molecular flexibility index (Phi) is 9.49. The highest BCUT2D eigenvalue weighted by Gasteiger charge is 2.49. The lowest BCUT2D eigenvalue weighted by Gasteiger charge is -2.35. The summed E-state index contributed by atoms with van der Waals surface area (Å²) in [5.41, 5.74) is 4.35. The average Bonchev–Trinajstić information content (AvgIpc) is 3.35. The standard InChI is InChI=1S/C22H35BN4O6S/c24-14-6-9-19(33-23-30)26-21(29)22(12-4-5-13-22)20(28)25-17-10-15-27(16-11-17)34(31,32)18-7-2-1-3-8-18/h1-3,7-8,17,19,23,30H,4-6,9-16,24H2,(H,25,28)(H,26,29)/t19-/m1/s1. The molecule has 1 aromatic rings. The van der Waals surface area contributed by atoms with E-state index in [1.165, 1.54) is 4.31 Å². The fraction of sp³-hybridized carbons (Fsp3) is 0.636. The minimum Gasteiger partial charge on any atom is -0.430 e. The van der Waals surface area contributed by atoms with Crippen molar-refractivity contribution in [2.45, 2.75) is 68.5 Å². The van der Waals surface area contributed by atoms with E-state index in [-0.39, 0.29) is 16.8 Å². The van der Waals surface area contributed by atoms with E-state index >= 15 is 0 Å². The molecule has 2 fully saturated rings. The number of amides is 2. The number of nitrogens with one attached hydrogen (secondary N) is 2. The second kappa shape index (κ2) is 12.1. The maximum atomic E-state index is 13.3. The first kappa shape index (κ1) is 26.6. The number of rotatable bonds is 11. The van der Waals surface area contributed by atoms with Crippen LogP contribution in [0, 0.1) is 5.41 Å². The smallest absolute Gasteiger partial charge is 0.430 e. The molecule has 10 nitrogen and oxygen atoms in total. The highest BCUT2D eigenvalue weighted by atomic mass is 32.2. The number of nitrogens with zero attached hydrogens (tertiary/aromatic N) is 1. The normalized spacial score (nSPS) is 19.9. The topological polar surface area (TPSA) is 151 Å². The number of sulfonamides is 1. The van der Waals surface area contributed by atoms with Crippen molar-refractivity contribution in [2.24, 2.45) is 11.1 Å². The first-order chi connectivity index (χ1) is 16.3. The molecular formula is C22H35BN4O6S. The average molecular weight is 494 g/mol. The van der Waals surface area contributed by atoms with Crippen LogP contribution in [0.2, 0.25) is 0 Å². The maximum absolute atomic E-state index is 13.3. The van der Waals surface area contributed by atoms with Crippen LogP contribution < -0.4 is 16.4 Å². The summed E-state index contributed by atoms with van der Waals surface area (Å²) in [6, 6.07) is 8.10. The number of carbonyl (C=O) groups is 2. The summed E-state index contributed by atoms with van der Waals surface area (Å²) in [4.78, 5) is 26.8. The van der Waals surface area contributed by atoms with Gasteiger partial charge in [0.15, 0.2) is 0 Å². The van der Waals surface area contributed by atoms with Crippen molar-refractivity contribution in [1.29, 1.82) is 0 Å². The van der Waals surface area contributed by atoms with Crippen LogP contribution in [-0.2, 0) is 24.3 Å². The van der Waals surface area contributed by atoms with E-state index in [9.17, 15) is 18.0 Å². The second-order valence-electron chi connectivity index (χ2n) is 8.94. The number of carbonyl (C=O) groups excluding carboxylic acids is 2. The predicted octanol–water partition coefficient (Wildman–Crippen LogP) is -0.0271. The molecule has 0 spiro atoms. The second-order valence-corrected chi connectivity index (χ2v) is 10.9. The molecule has 1 saturated carbocycles. The van der Waals surface area contributed by atoms with Gasteiger partial charge in [-0.1, -0.05) is 31.0 Å². The van der Waals surface area contributed by atoms with Gasteiger partial charge in [0.1, 0.15) is 11.6 Å². The zero-order chi connectivity index (χ0) is 24.6. The lowest BCUT2D eigenvalue weighted by Crippen LogP contribution is -2.56.